The van der Waals surface area contributed by atoms with E-state index in [4.69, 9.17) is 32.2 Å². The van der Waals surface area contributed by atoms with Crippen molar-refractivity contribution >= 4 is 53.8 Å². The summed E-state index contributed by atoms with van der Waals surface area (Å²) in [7, 11) is 0. The first-order valence-corrected chi connectivity index (χ1v) is 20.1. The number of hydrogen-bond donors (Lipinski definition) is 7. The van der Waals surface area contributed by atoms with Crippen LogP contribution in [0.1, 0.15) is 75.6 Å². The highest BCUT2D eigenvalue weighted by Crippen LogP contribution is 2.10. The van der Waals surface area contributed by atoms with Crippen LogP contribution in [0.3, 0.4) is 0 Å². The Morgan fingerprint density at radius 2 is 1.15 bits per heavy atom. The van der Waals surface area contributed by atoms with Gasteiger partial charge in [0, 0.05) is 12.6 Å². The number of carboxylic acid groups (broad SMARTS) is 2. The molecular formula is C48H60N6O8. The fraction of sp³-hybridized carbons (Fsp3) is 0.292. The van der Waals surface area contributed by atoms with E-state index in [1.807, 2.05) is 121 Å². The lowest BCUT2D eigenvalue weighted by Gasteiger charge is -2.21. The van der Waals surface area contributed by atoms with E-state index < -0.39 is 47.8 Å². The van der Waals surface area contributed by atoms with Crippen LogP contribution in [0, 0.1) is 0 Å². The predicted molar refractivity (Wildman–Crippen MR) is 244 cm³/mol. The van der Waals surface area contributed by atoms with Crippen molar-refractivity contribution in [3.8, 4) is 0 Å². The monoisotopic (exact) mass is 848 g/mol. The molecule has 0 unspecified atom stereocenters. The fourth-order valence-corrected chi connectivity index (χ4v) is 5.08. The third-order valence-electron chi connectivity index (χ3n) is 8.47. The number of aliphatic carboxylic acids is 2. The molecule has 14 heteroatoms. The lowest BCUT2D eigenvalue weighted by atomic mass is 10.0. The molecule has 0 aliphatic carbocycles. The fourth-order valence-electron chi connectivity index (χ4n) is 5.08. The van der Waals surface area contributed by atoms with Gasteiger partial charge in [0.15, 0.2) is 5.78 Å². The molecule has 1 aromatic heterocycles. The standard InChI is InChI=1S/C21H26N4O2.C16H21NO4.C11H13NO2/c1-15(19(26)12-10-17-11-13-20(23)24-14-17)25-21(27)18(22)9-5-8-16-6-3-2-4-7-16;1-16(2,3)21-15(20)17-13(14(18)19)11-7-10-12-8-5-4-6-9-12;12-10(11(13)14)8-4-7-9-5-2-1-3-6-9/h2-8,11,13-15,18H,9-10,12,22H2,1H3,(H2,23,24)(H,25,27);4-10,13H,11H2,1-3H3,(H,17,20)(H,18,19);1-7,10H,8,12H2,(H,13,14)/b8-5+;10-7+;7-4+/t15-,18+;13-;10-/m011/s1. The van der Waals surface area contributed by atoms with Crippen LogP contribution in [-0.2, 0) is 30.3 Å². The summed E-state index contributed by atoms with van der Waals surface area (Å²) >= 11 is 0. The van der Waals surface area contributed by atoms with Crippen molar-refractivity contribution in [1.82, 2.24) is 15.6 Å². The van der Waals surface area contributed by atoms with E-state index in [0.717, 1.165) is 22.3 Å². The zero-order valence-electron chi connectivity index (χ0n) is 35.7. The maximum Gasteiger partial charge on any atom is 0.408 e. The second kappa shape index (κ2) is 27.8. The number of ketones is 1. The number of rotatable bonds is 18. The lowest BCUT2D eigenvalue weighted by Crippen LogP contribution is -2.47. The molecule has 0 aliphatic heterocycles. The number of ether oxygens (including phenoxy) is 1. The number of Topliss-reactive ketones (excluding diaryl/α,β-unsaturated/α-hetero) is 1. The summed E-state index contributed by atoms with van der Waals surface area (Å²) in [5.74, 6) is -2.00. The summed E-state index contributed by atoms with van der Waals surface area (Å²) in [5.41, 5.74) is 20.1. The van der Waals surface area contributed by atoms with Crippen molar-refractivity contribution in [2.75, 3.05) is 5.73 Å². The van der Waals surface area contributed by atoms with E-state index in [1.165, 1.54) is 0 Å². The van der Waals surface area contributed by atoms with Crippen molar-refractivity contribution < 1.29 is 38.9 Å². The number of carbonyl (C=O) groups is 5. The van der Waals surface area contributed by atoms with Crippen LogP contribution >= 0.6 is 0 Å². The number of hydrogen-bond acceptors (Lipinski definition) is 10. The van der Waals surface area contributed by atoms with E-state index in [0.29, 0.717) is 31.5 Å². The molecule has 3 aromatic carbocycles. The average molecular weight is 849 g/mol. The van der Waals surface area contributed by atoms with Crippen LogP contribution in [0.25, 0.3) is 18.2 Å². The van der Waals surface area contributed by atoms with Gasteiger partial charge in [-0.2, -0.15) is 0 Å². The molecule has 2 amide bonds. The van der Waals surface area contributed by atoms with Gasteiger partial charge < -0.3 is 42.8 Å². The molecule has 4 aromatic rings. The molecule has 330 valence electrons. The number of aryl methyl sites for hydroxylation is 1. The summed E-state index contributed by atoms with van der Waals surface area (Å²) in [6.45, 7) is 6.83. The maximum absolute atomic E-state index is 12.2. The Bertz CT molecular complexity index is 2050. The number of nitrogen functional groups attached to an aromatic ring is 1. The first-order chi connectivity index (χ1) is 29.4. The third kappa shape index (κ3) is 23.0. The Labute approximate surface area is 364 Å². The normalized spacial score (nSPS) is 13.1. The van der Waals surface area contributed by atoms with Crippen molar-refractivity contribution in [2.24, 2.45) is 11.5 Å². The van der Waals surface area contributed by atoms with Crippen LogP contribution in [0.2, 0.25) is 0 Å². The number of alkyl carbamates (subject to hydrolysis) is 1. The van der Waals surface area contributed by atoms with Gasteiger partial charge >= 0.3 is 18.0 Å². The molecule has 0 aliphatic rings. The van der Waals surface area contributed by atoms with Gasteiger partial charge in [-0.05, 0) is 81.7 Å². The molecule has 1 heterocycles. The Hall–Kier alpha value is -6.90. The number of nitrogens with two attached hydrogens (primary N) is 3. The number of amides is 2. The number of benzene rings is 3. The SMILES string of the molecule is CC(C)(C)OC(=O)N[C@H](C/C=C/c1ccccc1)C(=O)O.C[C@H](NC(=O)[C@H](N)C/C=C/c1ccccc1)C(=O)CCc1ccc(N)nc1.N[C@H](C/C=C/c1ccccc1)C(=O)O. The second-order valence-corrected chi connectivity index (χ2v) is 15.0. The van der Waals surface area contributed by atoms with Gasteiger partial charge in [0.25, 0.3) is 0 Å². The molecular weight excluding hydrogens is 789 g/mol. The highest BCUT2D eigenvalue weighted by Gasteiger charge is 2.23. The van der Waals surface area contributed by atoms with Crippen LogP contribution in [0.5, 0.6) is 0 Å². The molecule has 0 bridgehead atoms. The van der Waals surface area contributed by atoms with Crippen LogP contribution < -0.4 is 27.8 Å². The molecule has 0 saturated heterocycles. The van der Waals surface area contributed by atoms with Gasteiger partial charge in [0.1, 0.15) is 23.5 Å². The van der Waals surface area contributed by atoms with Crippen molar-refractivity contribution in [3.63, 3.8) is 0 Å². The van der Waals surface area contributed by atoms with Crippen molar-refractivity contribution in [1.29, 1.82) is 0 Å². The van der Waals surface area contributed by atoms with E-state index in [-0.39, 0.29) is 18.1 Å². The molecule has 0 saturated carbocycles. The number of nitrogens with one attached hydrogen (secondary N) is 2. The van der Waals surface area contributed by atoms with Crippen molar-refractivity contribution in [3.05, 3.63) is 150 Å². The summed E-state index contributed by atoms with van der Waals surface area (Å²) in [6, 6.07) is 29.4. The molecule has 14 nitrogen and oxygen atoms in total. The quantitative estimate of drug-likeness (QED) is 0.0555. The molecule has 62 heavy (non-hydrogen) atoms. The number of pyridine rings is 1. The zero-order chi connectivity index (χ0) is 45.9. The average Bonchev–Trinajstić information content (AvgIpc) is 3.23. The summed E-state index contributed by atoms with van der Waals surface area (Å²) < 4.78 is 5.05. The van der Waals surface area contributed by atoms with E-state index in [9.17, 15) is 24.0 Å². The molecule has 4 rings (SSSR count). The van der Waals surface area contributed by atoms with Gasteiger partial charge in [-0.3, -0.25) is 14.4 Å². The number of aromatic nitrogens is 1. The highest BCUT2D eigenvalue weighted by atomic mass is 16.6. The number of carboxylic acids is 2. The molecule has 0 spiro atoms. The van der Waals surface area contributed by atoms with Gasteiger partial charge in [-0.1, -0.05) is 134 Å². The molecule has 0 radical (unpaired) electrons. The number of anilines is 1. The minimum absolute atomic E-state index is 0.0489. The third-order valence-corrected chi connectivity index (χ3v) is 8.47. The Morgan fingerprint density at radius 1 is 0.677 bits per heavy atom. The zero-order valence-corrected chi connectivity index (χ0v) is 35.7. The Morgan fingerprint density at radius 3 is 1.56 bits per heavy atom. The van der Waals surface area contributed by atoms with E-state index >= 15 is 0 Å². The first-order valence-electron chi connectivity index (χ1n) is 20.1. The highest BCUT2D eigenvalue weighted by molar-refractivity contribution is 5.90. The first kappa shape index (κ1) is 51.2. The van der Waals surface area contributed by atoms with Crippen LogP contribution in [0.4, 0.5) is 10.6 Å². The van der Waals surface area contributed by atoms with E-state index in [2.05, 4.69) is 15.6 Å². The number of nitrogens with zero attached hydrogens (tertiary/aromatic N) is 1. The molecule has 4 atom stereocenters. The minimum atomic E-state index is -1.10. The Kier molecular flexibility index (Phi) is 23.0. The smallest absolute Gasteiger partial charge is 0.408 e. The minimum Gasteiger partial charge on any atom is -0.480 e. The summed E-state index contributed by atoms with van der Waals surface area (Å²) in [6.07, 6.45) is 13.7. The lowest BCUT2D eigenvalue weighted by molar-refractivity contribution is -0.139. The van der Waals surface area contributed by atoms with Gasteiger partial charge in [-0.25, -0.2) is 14.6 Å². The summed E-state index contributed by atoms with van der Waals surface area (Å²) in [4.78, 5) is 61.5. The summed E-state index contributed by atoms with van der Waals surface area (Å²) in [5, 5.41) is 22.7. The van der Waals surface area contributed by atoms with Crippen LogP contribution in [-0.4, -0.2) is 74.7 Å². The number of carbonyl (C=O) groups excluding carboxylic acids is 3. The predicted octanol–water partition coefficient (Wildman–Crippen LogP) is 6.67. The van der Waals surface area contributed by atoms with E-state index in [1.54, 1.807) is 52.1 Å². The Balaban J connectivity index is 0.000000337. The van der Waals surface area contributed by atoms with Crippen molar-refractivity contribution in [2.45, 2.75) is 89.6 Å². The molecule has 10 N–H and O–H groups in total. The topological polar surface area (TPSA) is 250 Å². The van der Waals surface area contributed by atoms with Gasteiger partial charge in [0.2, 0.25) is 5.91 Å². The van der Waals surface area contributed by atoms with Gasteiger partial charge in [0.05, 0.1) is 12.1 Å². The second-order valence-electron chi connectivity index (χ2n) is 15.0. The van der Waals surface area contributed by atoms with Gasteiger partial charge in [-0.15, -0.1) is 0 Å². The molecule has 0 fully saturated rings. The maximum atomic E-state index is 12.2. The largest absolute Gasteiger partial charge is 0.480 e. The van der Waals surface area contributed by atoms with Crippen LogP contribution in [0.15, 0.2) is 128 Å².